The summed E-state index contributed by atoms with van der Waals surface area (Å²) in [5.41, 5.74) is 3.39. The van der Waals surface area contributed by atoms with E-state index in [0.717, 1.165) is 36.6 Å². The van der Waals surface area contributed by atoms with Crippen molar-refractivity contribution >= 4 is 11.3 Å². The number of hydrogen-bond acceptors (Lipinski definition) is 5. The van der Waals surface area contributed by atoms with E-state index in [-0.39, 0.29) is 0 Å². The van der Waals surface area contributed by atoms with Gasteiger partial charge >= 0.3 is 0 Å². The number of nitrogens with zero attached hydrogens (tertiary/aromatic N) is 3. The van der Waals surface area contributed by atoms with Crippen LogP contribution in [-0.2, 0) is 17.8 Å². The highest BCUT2D eigenvalue weighted by atomic mass is 32.1. The molecule has 25 heavy (non-hydrogen) atoms. The van der Waals surface area contributed by atoms with Crippen molar-refractivity contribution in [3.05, 3.63) is 70.2 Å². The minimum Gasteiger partial charge on any atom is -0.383 e. The molecule has 0 bridgehead atoms. The largest absolute Gasteiger partial charge is 0.383 e. The van der Waals surface area contributed by atoms with E-state index in [1.54, 1.807) is 18.4 Å². The van der Waals surface area contributed by atoms with E-state index in [1.807, 2.05) is 24.5 Å². The molecule has 0 fully saturated rings. The van der Waals surface area contributed by atoms with Crippen molar-refractivity contribution in [3.8, 4) is 11.4 Å². The number of hydrogen-bond donors (Lipinski definition) is 0. The number of aryl methyl sites for hydroxylation is 1. The highest BCUT2D eigenvalue weighted by Gasteiger charge is 2.09. The zero-order valence-corrected chi connectivity index (χ0v) is 15.5. The summed E-state index contributed by atoms with van der Waals surface area (Å²) in [5.74, 6) is 0.772. The average Bonchev–Trinajstić information content (AvgIpc) is 3.13. The Morgan fingerprint density at radius 2 is 1.92 bits per heavy atom. The van der Waals surface area contributed by atoms with Crippen LogP contribution in [0, 0.1) is 6.92 Å². The highest BCUT2D eigenvalue weighted by molar-refractivity contribution is 7.09. The molecule has 0 N–H and O–H groups in total. The number of thiophene rings is 1. The first-order valence-corrected chi connectivity index (χ1v) is 9.24. The molecule has 0 aliphatic carbocycles. The normalized spacial score (nSPS) is 11.2. The molecule has 0 saturated carbocycles. The Labute approximate surface area is 153 Å². The lowest BCUT2D eigenvalue weighted by Gasteiger charge is -2.21. The number of ether oxygens (including phenoxy) is 1. The molecule has 2 heterocycles. The molecule has 0 amide bonds. The lowest BCUT2D eigenvalue weighted by molar-refractivity contribution is 0.140. The molecule has 1 aromatic carbocycles. The second-order valence-corrected chi connectivity index (χ2v) is 7.10. The van der Waals surface area contributed by atoms with Gasteiger partial charge in [-0.1, -0.05) is 29.8 Å². The molecular weight excluding hydrogens is 330 g/mol. The predicted octanol–water partition coefficient (Wildman–Crippen LogP) is 4.16. The summed E-state index contributed by atoms with van der Waals surface area (Å²) in [6.07, 6.45) is 3.86. The van der Waals surface area contributed by atoms with Gasteiger partial charge in [-0.15, -0.1) is 11.3 Å². The molecule has 0 aliphatic heterocycles. The number of benzene rings is 1. The van der Waals surface area contributed by atoms with Gasteiger partial charge in [0, 0.05) is 55.1 Å². The smallest absolute Gasteiger partial charge is 0.159 e. The first-order chi connectivity index (χ1) is 12.2. The Morgan fingerprint density at radius 3 is 2.60 bits per heavy atom. The summed E-state index contributed by atoms with van der Waals surface area (Å²) >= 11 is 1.78. The molecule has 0 unspecified atom stereocenters. The molecule has 0 aliphatic rings. The zero-order valence-electron chi connectivity index (χ0n) is 14.7. The average molecular weight is 353 g/mol. The Balaban J connectivity index is 1.69. The van der Waals surface area contributed by atoms with Gasteiger partial charge in [0.05, 0.1) is 6.61 Å². The van der Waals surface area contributed by atoms with Gasteiger partial charge in [-0.05, 0) is 24.4 Å². The molecule has 3 aromatic rings. The molecule has 4 nitrogen and oxygen atoms in total. The first-order valence-electron chi connectivity index (χ1n) is 8.36. The third kappa shape index (κ3) is 5.19. The van der Waals surface area contributed by atoms with Crippen molar-refractivity contribution < 1.29 is 4.74 Å². The van der Waals surface area contributed by atoms with Crippen molar-refractivity contribution in [1.82, 2.24) is 14.9 Å². The lowest BCUT2D eigenvalue weighted by Crippen LogP contribution is -2.26. The van der Waals surface area contributed by atoms with Crippen molar-refractivity contribution in [2.45, 2.75) is 20.0 Å². The second-order valence-electron chi connectivity index (χ2n) is 6.07. The standard InChI is InChI=1S/C20H23N3OS/c1-16-5-3-6-18(11-16)20-21-12-17(13-22-20)14-23(8-9-24-2)15-19-7-4-10-25-19/h3-7,10-13H,8-9,14-15H2,1-2H3. The molecule has 5 heteroatoms. The fraction of sp³-hybridized carbons (Fsp3) is 0.300. The molecule has 3 rings (SSSR count). The van der Waals surface area contributed by atoms with Gasteiger partial charge in [-0.3, -0.25) is 4.90 Å². The Morgan fingerprint density at radius 1 is 1.08 bits per heavy atom. The maximum absolute atomic E-state index is 5.25. The van der Waals surface area contributed by atoms with E-state index >= 15 is 0 Å². The van der Waals surface area contributed by atoms with Crippen LogP contribution >= 0.6 is 11.3 Å². The van der Waals surface area contributed by atoms with Crippen LogP contribution in [0.5, 0.6) is 0 Å². The van der Waals surface area contributed by atoms with E-state index in [1.165, 1.54) is 10.4 Å². The lowest BCUT2D eigenvalue weighted by atomic mass is 10.1. The van der Waals surface area contributed by atoms with Crippen LogP contribution in [0.1, 0.15) is 16.0 Å². The number of aromatic nitrogens is 2. The minimum absolute atomic E-state index is 0.716. The van der Waals surface area contributed by atoms with Crippen LogP contribution in [0.15, 0.2) is 54.2 Å². The maximum Gasteiger partial charge on any atom is 0.159 e. The van der Waals surface area contributed by atoms with Crippen LogP contribution in [0.3, 0.4) is 0 Å². The van der Waals surface area contributed by atoms with Gasteiger partial charge in [0.2, 0.25) is 0 Å². The predicted molar refractivity (Wildman–Crippen MR) is 103 cm³/mol. The molecule has 0 saturated heterocycles. The molecule has 0 radical (unpaired) electrons. The fourth-order valence-corrected chi connectivity index (χ4v) is 3.43. The molecule has 0 spiro atoms. The highest BCUT2D eigenvalue weighted by Crippen LogP contribution is 2.17. The third-order valence-corrected chi connectivity index (χ3v) is 4.82. The number of methoxy groups -OCH3 is 1. The summed E-state index contributed by atoms with van der Waals surface area (Å²) in [6.45, 7) is 5.41. The van der Waals surface area contributed by atoms with Crippen LogP contribution in [0.2, 0.25) is 0 Å². The Bertz CT molecular complexity index is 772. The van der Waals surface area contributed by atoms with Gasteiger partial charge in [0.15, 0.2) is 5.82 Å². The fourth-order valence-electron chi connectivity index (χ4n) is 2.69. The topological polar surface area (TPSA) is 38.2 Å². The molecule has 130 valence electrons. The van der Waals surface area contributed by atoms with Crippen LogP contribution < -0.4 is 0 Å². The summed E-state index contributed by atoms with van der Waals surface area (Å²) in [5, 5.41) is 2.11. The van der Waals surface area contributed by atoms with E-state index < -0.39 is 0 Å². The minimum atomic E-state index is 0.716. The van der Waals surface area contributed by atoms with Crippen molar-refractivity contribution in [3.63, 3.8) is 0 Å². The van der Waals surface area contributed by atoms with Crippen LogP contribution in [-0.4, -0.2) is 35.1 Å². The molecule has 0 atom stereocenters. The summed E-state index contributed by atoms with van der Waals surface area (Å²) < 4.78 is 5.25. The molecule has 2 aromatic heterocycles. The van der Waals surface area contributed by atoms with Gasteiger partial charge < -0.3 is 4.74 Å². The third-order valence-electron chi connectivity index (χ3n) is 3.96. The van der Waals surface area contributed by atoms with E-state index in [4.69, 9.17) is 4.74 Å². The van der Waals surface area contributed by atoms with Gasteiger partial charge in [-0.25, -0.2) is 9.97 Å². The number of rotatable bonds is 8. The molecular formula is C20H23N3OS. The van der Waals surface area contributed by atoms with E-state index in [9.17, 15) is 0 Å². The van der Waals surface area contributed by atoms with Crippen molar-refractivity contribution in [1.29, 1.82) is 0 Å². The Kier molecular flexibility index (Phi) is 6.28. The maximum atomic E-state index is 5.25. The summed E-state index contributed by atoms with van der Waals surface area (Å²) in [4.78, 5) is 12.8. The summed E-state index contributed by atoms with van der Waals surface area (Å²) in [6, 6.07) is 12.5. The van der Waals surface area contributed by atoms with Crippen LogP contribution in [0.4, 0.5) is 0 Å². The summed E-state index contributed by atoms with van der Waals surface area (Å²) in [7, 11) is 1.74. The quantitative estimate of drug-likeness (QED) is 0.609. The Hall–Kier alpha value is -2.08. The second kappa shape index (κ2) is 8.85. The van der Waals surface area contributed by atoms with Crippen LogP contribution in [0.25, 0.3) is 11.4 Å². The van der Waals surface area contributed by atoms with Gasteiger partial charge in [-0.2, -0.15) is 0 Å². The SMILES string of the molecule is COCCN(Cc1cnc(-c2cccc(C)c2)nc1)Cc1cccs1. The van der Waals surface area contributed by atoms with E-state index in [0.29, 0.717) is 6.61 Å². The van der Waals surface area contributed by atoms with Gasteiger partial charge in [0.25, 0.3) is 0 Å². The monoisotopic (exact) mass is 353 g/mol. The van der Waals surface area contributed by atoms with E-state index in [2.05, 4.69) is 51.4 Å². The first kappa shape index (κ1) is 17.7. The van der Waals surface area contributed by atoms with Gasteiger partial charge in [0.1, 0.15) is 0 Å². The van der Waals surface area contributed by atoms with Crippen molar-refractivity contribution in [2.75, 3.05) is 20.3 Å². The zero-order chi connectivity index (χ0) is 17.5. The van der Waals surface area contributed by atoms with Crippen molar-refractivity contribution in [2.24, 2.45) is 0 Å².